The van der Waals surface area contributed by atoms with Crippen molar-refractivity contribution in [1.29, 1.82) is 0 Å². The summed E-state index contributed by atoms with van der Waals surface area (Å²) < 4.78 is 71.3. The number of phenols is 2. The zero-order valence-electron chi connectivity index (χ0n) is 33.9. The van der Waals surface area contributed by atoms with Crippen LogP contribution in [0, 0.1) is 0 Å². The first kappa shape index (κ1) is 46.2. The van der Waals surface area contributed by atoms with Crippen molar-refractivity contribution >= 4 is 71.9 Å². The number of carbonyl (C=O) groups excluding carboxylic acids is 2. The van der Waals surface area contributed by atoms with Crippen LogP contribution in [0.15, 0.2) is 87.9 Å². The predicted octanol–water partition coefficient (Wildman–Crippen LogP) is 9.65. The van der Waals surface area contributed by atoms with Crippen molar-refractivity contribution in [3.8, 4) is 28.7 Å². The minimum absolute atomic E-state index is 0.0828. The van der Waals surface area contributed by atoms with E-state index in [1.54, 1.807) is 30.3 Å². The molecule has 0 aliphatic heterocycles. The molecule has 0 radical (unpaired) electrons. The second kappa shape index (κ2) is 22.1. The molecule has 0 saturated heterocycles. The maximum Gasteiger partial charge on any atom is 0.357 e. The Morgan fingerprint density at radius 3 is 2.05 bits per heavy atom. The first-order valence-corrected chi connectivity index (χ1v) is 22.4. The summed E-state index contributed by atoms with van der Waals surface area (Å²) in [7, 11) is -4.77. The number of azo groups is 1. The molecule has 0 heterocycles. The van der Waals surface area contributed by atoms with Gasteiger partial charge in [0.15, 0.2) is 17.2 Å². The van der Waals surface area contributed by atoms with Gasteiger partial charge in [0.2, 0.25) is 5.91 Å². The fourth-order valence-electron chi connectivity index (χ4n) is 6.69. The van der Waals surface area contributed by atoms with Gasteiger partial charge in [-0.3, -0.25) is 18.7 Å². The van der Waals surface area contributed by atoms with Crippen LogP contribution in [0.4, 0.5) is 17.1 Å². The number of anilines is 1. The SMILES string of the molecule is CCCCCCCCCCCCNC(=O)c1cc(OCCOc2ccc(N=Nc3c(OS(=O)O)cc4cc(S(=O)(=O)O)cc(NC(C)=O)c4c3O)cc2)c2ccccc2c1O. The van der Waals surface area contributed by atoms with Gasteiger partial charge in [-0.05, 0) is 60.3 Å². The van der Waals surface area contributed by atoms with E-state index in [0.717, 1.165) is 44.4 Å². The number of nitrogens with one attached hydrogen (secondary N) is 2. The normalized spacial score (nSPS) is 12.1. The quantitative estimate of drug-likeness (QED) is 0.0155. The zero-order valence-corrected chi connectivity index (χ0v) is 35.5. The van der Waals surface area contributed by atoms with Crippen LogP contribution in [0.25, 0.3) is 21.5 Å². The summed E-state index contributed by atoms with van der Waals surface area (Å²) >= 11 is -2.90. The lowest BCUT2D eigenvalue weighted by Crippen LogP contribution is -2.24. The van der Waals surface area contributed by atoms with Crippen LogP contribution in [-0.4, -0.2) is 63.5 Å². The summed E-state index contributed by atoms with van der Waals surface area (Å²) in [5.74, 6) is -1.42. The lowest BCUT2D eigenvalue weighted by molar-refractivity contribution is -0.114. The third-order valence-corrected chi connectivity index (χ3v) is 10.8. The van der Waals surface area contributed by atoms with Crippen molar-refractivity contribution in [2.75, 3.05) is 25.1 Å². The number of nitrogens with zero attached hydrogens (tertiary/aromatic N) is 2. The van der Waals surface area contributed by atoms with Gasteiger partial charge in [-0.15, -0.1) is 5.11 Å². The Bertz CT molecular complexity index is 2500. The number of unbranched alkanes of at least 4 members (excludes halogenated alkanes) is 9. The maximum absolute atomic E-state index is 13.2. The molecule has 326 valence electrons. The monoisotopic (exact) mass is 878 g/mol. The summed E-state index contributed by atoms with van der Waals surface area (Å²) in [6.45, 7) is 4.07. The minimum atomic E-state index is -4.77. The molecular weight excluding hydrogens is 829 g/mol. The molecule has 5 rings (SSSR count). The molecule has 0 aromatic heterocycles. The summed E-state index contributed by atoms with van der Waals surface area (Å²) in [5, 5.41) is 36.6. The molecule has 16 nitrogen and oxygen atoms in total. The van der Waals surface area contributed by atoms with Crippen molar-refractivity contribution < 1.29 is 55.2 Å². The topological polar surface area (TPSA) is 243 Å². The Labute approximate surface area is 356 Å². The Morgan fingerprint density at radius 1 is 0.770 bits per heavy atom. The van der Waals surface area contributed by atoms with Crippen LogP contribution >= 0.6 is 0 Å². The van der Waals surface area contributed by atoms with Crippen LogP contribution in [0.2, 0.25) is 0 Å². The molecule has 6 N–H and O–H groups in total. The highest BCUT2D eigenvalue weighted by atomic mass is 32.2. The van der Waals surface area contributed by atoms with Gasteiger partial charge in [0.1, 0.15) is 30.5 Å². The molecule has 0 spiro atoms. The van der Waals surface area contributed by atoms with Crippen molar-refractivity contribution in [3.05, 3.63) is 78.4 Å². The highest BCUT2D eigenvalue weighted by Gasteiger charge is 2.23. The van der Waals surface area contributed by atoms with Gasteiger partial charge < -0.3 is 34.5 Å². The molecule has 0 bridgehead atoms. The van der Waals surface area contributed by atoms with Crippen LogP contribution < -0.4 is 24.3 Å². The molecule has 2 amide bonds. The van der Waals surface area contributed by atoms with E-state index < -0.39 is 49.5 Å². The number of hydrogen-bond donors (Lipinski definition) is 6. The Kier molecular flexibility index (Phi) is 16.8. The molecule has 5 aromatic rings. The second-order valence-electron chi connectivity index (χ2n) is 14.2. The smallest absolute Gasteiger partial charge is 0.357 e. The molecule has 0 aliphatic carbocycles. The molecule has 18 heteroatoms. The summed E-state index contributed by atoms with van der Waals surface area (Å²) in [5.41, 5.74) is -0.244. The molecule has 0 saturated carbocycles. The number of aromatic hydroxyl groups is 2. The number of rotatable bonds is 23. The van der Waals surface area contributed by atoms with Gasteiger partial charge in [-0.1, -0.05) is 89.0 Å². The van der Waals surface area contributed by atoms with E-state index >= 15 is 0 Å². The Hall–Kier alpha value is -5.82. The molecule has 1 atom stereocenters. The largest absolute Gasteiger partial charge is 0.506 e. The van der Waals surface area contributed by atoms with Crippen LogP contribution in [0.1, 0.15) is 88.4 Å². The summed E-state index contributed by atoms with van der Waals surface area (Å²) in [6, 6.07) is 17.9. The van der Waals surface area contributed by atoms with Crippen LogP contribution in [-0.2, 0) is 26.3 Å². The fraction of sp³-hybridized carbons (Fsp3) is 0.349. The van der Waals surface area contributed by atoms with Crippen molar-refractivity contribution in [1.82, 2.24) is 5.32 Å². The highest BCUT2D eigenvalue weighted by Crippen LogP contribution is 2.47. The number of ether oxygens (including phenoxy) is 2. The number of fused-ring (bicyclic) bond motifs is 2. The van der Waals surface area contributed by atoms with E-state index in [-0.39, 0.29) is 52.6 Å². The standard InChI is InChI=1S/C43H50N4O12S2/c1-3-4-5-6-7-8-9-10-11-14-21-44-43(51)35-27-37(33-15-12-13-16-34(33)41(35)49)58-23-22-57-31-19-17-30(18-20-31)46-47-40-38(59-60(52)53)25-29-24-32(61(54,55)56)26-36(45-28(2)48)39(29)42(40)50/h12-13,15-20,24-27,49-50H,3-11,14,21-23H2,1-2H3,(H,44,51)(H,45,48)(H,52,53)(H,54,55,56). The summed E-state index contributed by atoms with van der Waals surface area (Å²) in [4.78, 5) is 24.4. The first-order chi connectivity index (χ1) is 29.3. The maximum atomic E-state index is 13.2. The molecule has 1 unspecified atom stereocenters. The molecule has 0 fully saturated rings. The van der Waals surface area contributed by atoms with E-state index in [4.69, 9.17) is 13.7 Å². The zero-order chi connectivity index (χ0) is 43.9. The fourth-order valence-corrected chi connectivity index (χ4v) is 7.51. The van der Waals surface area contributed by atoms with Gasteiger partial charge in [0, 0.05) is 29.6 Å². The number of carbonyl (C=O) groups is 2. The van der Waals surface area contributed by atoms with Gasteiger partial charge in [0.25, 0.3) is 16.0 Å². The molecule has 5 aromatic carbocycles. The van der Waals surface area contributed by atoms with Crippen LogP contribution in [0.5, 0.6) is 28.7 Å². The number of hydrogen-bond acceptors (Lipinski definition) is 12. The lowest BCUT2D eigenvalue weighted by atomic mass is 10.0. The first-order valence-electron chi connectivity index (χ1n) is 19.9. The Morgan fingerprint density at radius 2 is 1.41 bits per heavy atom. The van der Waals surface area contributed by atoms with Gasteiger partial charge in [-0.25, -0.2) is 0 Å². The third kappa shape index (κ3) is 13.1. The highest BCUT2D eigenvalue weighted by molar-refractivity contribution is 7.85. The van der Waals surface area contributed by atoms with Gasteiger partial charge >= 0.3 is 11.4 Å². The number of amides is 2. The average Bonchev–Trinajstić information content (AvgIpc) is 3.21. The molecule has 0 aliphatic rings. The number of phenolic OH excluding ortho intramolecular Hbond substituents is 2. The minimum Gasteiger partial charge on any atom is -0.506 e. The van der Waals surface area contributed by atoms with E-state index in [9.17, 15) is 41.5 Å². The lowest BCUT2D eigenvalue weighted by Gasteiger charge is -2.15. The van der Waals surface area contributed by atoms with E-state index in [1.165, 1.54) is 63.1 Å². The number of benzene rings is 5. The molecular formula is C43H50N4O12S2. The van der Waals surface area contributed by atoms with Crippen molar-refractivity contribution in [3.63, 3.8) is 0 Å². The van der Waals surface area contributed by atoms with E-state index in [2.05, 4.69) is 27.8 Å². The van der Waals surface area contributed by atoms with Gasteiger partial charge in [0.05, 0.1) is 21.8 Å². The summed E-state index contributed by atoms with van der Waals surface area (Å²) in [6.07, 6.45) is 11.9. The van der Waals surface area contributed by atoms with E-state index in [1.807, 2.05) is 6.07 Å². The second-order valence-corrected chi connectivity index (χ2v) is 16.3. The van der Waals surface area contributed by atoms with Crippen molar-refractivity contribution in [2.24, 2.45) is 10.2 Å². The van der Waals surface area contributed by atoms with Crippen molar-refractivity contribution in [2.45, 2.75) is 83.0 Å². The average molecular weight is 879 g/mol. The van der Waals surface area contributed by atoms with E-state index in [0.29, 0.717) is 28.8 Å². The van der Waals surface area contributed by atoms with Crippen LogP contribution in [0.3, 0.4) is 0 Å². The molecule has 61 heavy (non-hydrogen) atoms. The third-order valence-electron chi connectivity index (χ3n) is 9.64. The Balaban J connectivity index is 1.21. The van der Waals surface area contributed by atoms with Gasteiger partial charge in [-0.2, -0.15) is 17.7 Å². The predicted molar refractivity (Wildman–Crippen MR) is 233 cm³/mol.